The molecule has 1 aliphatic rings. The molecule has 1 rings (SSSR count). The number of carbonyl (C=O) groups excluding carboxylic acids is 2. The fraction of sp³-hybridized carbons (Fsp3) is 0.429. The number of cyclic esters (lactones) is 2. The lowest BCUT2D eigenvalue weighted by Gasteiger charge is -2.17. The lowest BCUT2D eigenvalue weighted by molar-refractivity contribution is -0.180. The Hall–Kier alpha value is -1.12. The molecule has 1 fully saturated rings. The van der Waals surface area contributed by atoms with Crippen LogP contribution in [0.5, 0.6) is 0 Å². The summed E-state index contributed by atoms with van der Waals surface area (Å²) in [6.45, 7) is 1.94. The van der Waals surface area contributed by atoms with Gasteiger partial charge in [-0.3, -0.25) is 9.59 Å². The van der Waals surface area contributed by atoms with Gasteiger partial charge < -0.3 is 4.74 Å². The molecule has 0 bridgehead atoms. The number of hydrogen-bond acceptors (Lipinski definition) is 3. The second-order valence-electron chi connectivity index (χ2n) is 2.05. The van der Waals surface area contributed by atoms with Crippen molar-refractivity contribution in [2.24, 2.45) is 5.92 Å². The first-order chi connectivity index (χ1) is 4.75. The van der Waals surface area contributed by atoms with E-state index >= 15 is 0 Å². The first kappa shape index (κ1) is 6.99. The average Bonchev–Trinajstić information content (AvgIpc) is 1.89. The third-order valence-electron chi connectivity index (χ3n) is 1.27. The molecule has 10 heavy (non-hydrogen) atoms. The van der Waals surface area contributed by atoms with Crippen LogP contribution in [0.25, 0.3) is 0 Å². The van der Waals surface area contributed by atoms with Crippen LogP contribution in [0.4, 0.5) is 0 Å². The van der Waals surface area contributed by atoms with Gasteiger partial charge in [-0.1, -0.05) is 19.1 Å². The van der Waals surface area contributed by atoms with Crippen molar-refractivity contribution in [1.29, 1.82) is 0 Å². The van der Waals surface area contributed by atoms with Gasteiger partial charge in [0.1, 0.15) is 0 Å². The van der Waals surface area contributed by atoms with Crippen molar-refractivity contribution >= 4 is 11.9 Å². The van der Waals surface area contributed by atoms with Crippen LogP contribution >= 0.6 is 0 Å². The molecule has 1 aliphatic heterocycles. The topological polar surface area (TPSA) is 43.4 Å². The van der Waals surface area contributed by atoms with Crippen molar-refractivity contribution in [3.63, 3.8) is 0 Å². The summed E-state index contributed by atoms with van der Waals surface area (Å²) < 4.78 is 4.12. The Morgan fingerprint density at radius 1 is 1.50 bits per heavy atom. The van der Waals surface area contributed by atoms with Crippen molar-refractivity contribution in [3.8, 4) is 0 Å². The van der Waals surface area contributed by atoms with E-state index in [1.165, 1.54) is 0 Å². The Labute approximate surface area is 58.7 Å². The molecule has 3 nitrogen and oxygen atoms in total. The largest absolute Gasteiger partial charge is 0.391 e. The number of carbonyl (C=O) groups is 2. The zero-order valence-electron chi connectivity index (χ0n) is 5.66. The van der Waals surface area contributed by atoms with Crippen molar-refractivity contribution in [1.82, 2.24) is 0 Å². The summed E-state index contributed by atoms with van der Waals surface area (Å²) in [5, 5.41) is 0. The van der Waals surface area contributed by atoms with Crippen LogP contribution in [0, 0.1) is 5.92 Å². The molecule has 54 valence electrons. The van der Waals surface area contributed by atoms with Crippen LogP contribution in [0.1, 0.15) is 13.3 Å². The van der Waals surface area contributed by atoms with Crippen molar-refractivity contribution < 1.29 is 14.3 Å². The standard InChI is InChI=1S/C7H8O3/c1-2-3-4-5-6(8)10-7(5)9/h3-5H,2H2,1H3/b4-3-. The van der Waals surface area contributed by atoms with Gasteiger partial charge in [0.05, 0.1) is 0 Å². The molecular formula is C7H8O3. The van der Waals surface area contributed by atoms with E-state index in [1.54, 1.807) is 12.2 Å². The number of ether oxygens (including phenoxy) is 1. The minimum atomic E-state index is -0.611. The maximum absolute atomic E-state index is 10.5. The molecule has 0 saturated carbocycles. The molecular weight excluding hydrogens is 132 g/mol. The van der Waals surface area contributed by atoms with E-state index in [1.807, 2.05) is 6.92 Å². The lowest BCUT2D eigenvalue weighted by atomic mass is 10.1. The van der Waals surface area contributed by atoms with Gasteiger partial charge in [-0.2, -0.15) is 0 Å². The van der Waals surface area contributed by atoms with Gasteiger partial charge in [-0.05, 0) is 6.42 Å². The summed E-state index contributed by atoms with van der Waals surface area (Å²) in [4.78, 5) is 20.9. The minimum Gasteiger partial charge on any atom is -0.391 e. The van der Waals surface area contributed by atoms with Gasteiger partial charge in [0.2, 0.25) is 0 Å². The van der Waals surface area contributed by atoms with Crippen LogP contribution in [0.15, 0.2) is 12.2 Å². The second kappa shape index (κ2) is 2.64. The van der Waals surface area contributed by atoms with Crippen molar-refractivity contribution in [2.75, 3.05) is 0 Å². The molecule has 0 spiro atoms. The lowest BCUT2D eigenvalue weighted by Crippen LogP contribution is -2.39. The van der Waals surface area contributed by atoms with E-state index in [0.29, 0.717) is 0 Å². The van der Waals surface area contributed by atoms with Crippen LogP contribution in [-0.4, -0.2) is 11.9 Å². The smallest absolute Gasteiger partial charge is 0.331 e. The van der Waals surface area contributed by atoms with E-state index in [4.69, 9.17) is 0 Å². The quantitative estimate of drug-likeness (QED) is 0.321. The van der Waals surface area contributed by atoms with Crippen molar-refractivity contribution in [2.45, 2.75) is 13.3 Å². The molecule has 0 aromatic heterocycles. The molecule has 1 saturated heterocycles. The summed E-state index contributed by atoms with van der Waals surface area (Å²) >= 11 is 0. The highest BCUT2D eigenvalue weighted by Gasteiger charge is 2.39. The second-order valence-corrected chi connectivity index (χ2v) is 2.05. The normalized spacial score (nSPS) is 19.3. The minimum absolute atomic E-state index is 0.435. The Kier molecular flexibility index (Phi) is 1.85. The van der Waals surface area contributed by atoms with Gasteiger partial charge in [0.25, 0.3) is 0 Å². The monoisotopic (exact) mass is 140 g/mol. The summed E-state index contributed by atoms with van der Waals surface area (Å²) in [5.41, 5.74) is 0. The highest BCUT2D eigenvalue weighted by atomic mass is 16.6. The average molecular weight is 140 g/mol. The van der Waals surface area contributed by atoms with Crippen LogP contribution in [0.2, 0.25) is 0 Å². The van der Waals surface area contributed by atoms with Crippen LogP contribution in [0.3, 0.4) is 0 Å². The first-order valence-electron chi connectivity index (χ1n) is 3.18. The first-order valence-corrected chi connectivity index (χ1v) is 3.18. The number of hydrogen-bond donors (Lipinski definition) is 0. The zero-order chi connectivity index (χ0) is 7.56. The predicted molar refractivity (Wildman–Crippen MR) is 34.0 cm³/mol. The summed E-state index contributed by atoms with van der Waals surface area (Å²) in [6.07, 6.45) is 4.19. The summed E-state index contributed by atoms with van der Waals surface area (Å²) in [6, 6.07) is 0. The maximum Gasteiger partial charge on any atom is 0.331 e. The Bertz CT molecular complexity index is 179. The Balaban J connectivity index is 2.48. The van der Waals surface area contributed by atoms with Gasteiger partial charge >= 0.3 is 11.9 Å². The van der Waals surface area contributed by atoms with Gasteiger partial charge in [-0.25, -0.2) is 0 Å². The molecule has 0 unspecified atom stereocenters. The third-order valence-corrected chi connectivity index (χ3v) is 1.27. The van der Waals surface area contributed by atoms with E-state index in [-0.39, 0.29) is 0 Å². The predicted octanol–water partition coefficient (Wildman–Crippen LogP) is 0.652. The molecule has 1 heterocycles. The molecule has 0 aliphatic carbocycles. The highest BCUT2D eigenvalue weighted by molar-refractivity contribution is 6.11. The molecule has 3 heteroatoms. The van der Waals surface area contributed by atoms with E-state index in [9.17, 15) is 9.59 Å². The van der Waals surface area contributed by atoms with E-state index in [0.717, 1.165) is 6.42 Å². The zero-order valence-corrected chi connectivity index (χ0v) is 5.66. The third kappa shape index (κ3) is 1.07. The molecule has 0 N–H and O–H groups in total. The van der Waals surface area contributed by atoms with E-state index in [2.05, 4.69) is 4.74 Å². The molecule has 0 aromatic carbocycles. The van der Waals surface area contributed by atoms with Gasteiger partial charge in [0.15, 0.2) is 5.92 Å². The number of allylic oxidation sites excluding steroid dienone is 1. The molecule has 0 atom stereocenters. The summed E-state index contributed by atoms with van der Waals surface area (Å²) in [5.74, 6) is -1.48. The molecule has 0 amide bonds. The van der Waals surface area contributed by atoms with Crippen LogP contribution < -0.4 is 0 Å². The highest BCUT2D eigenvalue weighted by Crippen LogP contribution is 2.15. The van der Waals surface area contributed by atoms with Crippen molar-refractivity contribution in [3.05, 3.63) is 12.2 Å². The van der Waals surface area contributed by atoms with Gasteiger partial charge in [0, 0.05) is 0 Å². The SMILES string of the molecule is CC/C=C\C1C(=O)OC1=O. The fourth-order valence-electron chi connectivity index (χ4n) is 0.694. The van der Waals surface area contributed by atoms with Crippen LogP contribution in [-0.2, 0) is 14.3 Å². The summed E-state index contributed by atoms with van der Waals surface area (Å²) in [7, 11) is 0. The maximum atomic E-state index is 10.5. The van der Waals surface area contributed by atoms with Gasteiger partial charge in [-0.15, -0.1) is 0 Å². The number of esters is 2. The fourth-order valence-corrected chi connectivity index (χ4v) is 0.694. The molecule has 0 radical (unpaired) electrons. The van der Waals surface area contributed by atoms with E-state index < -0.39 is 17.9 Å². The molecule has 0 aromatic rings. The Morgan fingerprint density at radius 3 is 2.50 bits per heavy atom. The Morgan fingerprint density at radius 2 is 2.10 bits per heavy atom. The number of rotatable bonds is 2.